The first-order valence-corrected chi connectivity index (χ1v) is 6.43. The van der Waals surface area contributed by atoms with Gasteiger partial charge < -0.3 is 11.1 Å². The van der Waals surface area contributed by atoms with Gasteiger partial charge in [0.05, 0.1) is 0 Å². The molecule has 2 aromatic rings. The van der Waals surface area contributed by atoms with Gasteiger partial charge in [-0.25, -0.2) is 4.98 Å². The van der Waals surface area contributed by atoms with Gasteiger partial charge in [-0.1, -0.05) is 0 Å². The highest BCUT2D eigenvalue weighted by molar-refractivity contribution is 5.57. The summed E-state index contributed by atoms with van der Waals surface area (Å²) in [5.41, 5.74) is 6.55. The van der Waals surface area contributed by atoms with Crippen LogP contribution in [0.5, 0.6) is 0 Å². The Bertz CT molecular complexity index is 647. The number of fused-ring (bicyclic) bond motifs is 2. The van der Waals surface area contributed by atoms with Crippen molar-refractivity contribution in [2.45, 2.75) is 25.4 Å². The predicted molar refractivity (Wildman–Crippen MR) is 67.6 cm³/mol. The second-order valence-corrected chi connectivity index (χ2v) is 4.75. The van der Waals surface area contributed by atoms with Crippen molar-refractivity contribution in [1.82, 2.24) is 14.6 Å². The first-order valence-electron chi connectivity index (χ1n) is 6.43. The summed E-state index contributed by atoms with van der Waals surface area (Å²) in [4.78, 5) is 4.29. The molecule has 20 heavy (non-hydrogen) atoms. The zero-order chi connectivity index (χ0) is 14.3. The number of rotatable bonds is 3. The lowest BCUT2D eigenvalue weighted by atomic mass is 10.2. The van der Waals surface area contributed by atoms with Gasteiger partial charge in [-0.05, 0) is 19.3 Å². The molecule has 5 nitrogen and oxygen atoms in total. The summed E-state index contributed by atoms with van der Waals surface area (Å²) in [5, 5.41) is 6.71. The van der Waals surface area contributed by atoms with Crippen molar-refractivity contribution in [3.05, 3.63) is 23.0 Å². The van der Waals surface area contributed by atoms with E-state index in [1.54, 1.807) is 0 Å². The largest absolute Gasteiger partial charge is 0.435 e. The highest BCUT2D eigenvalue weighted by Crippen LogP contribution is 2.32. The van der Waals surface area contributed by atoms with Gasteiger partial charge in [-0.3, -0.25) is 0 Å². The molecule has 3 N–H and O–H groups in total. The van der Waals surface area contributed by atoms with Gasteiger partial charge in [0.2, 0.25) is 0 Å². The molecule has 0 aromatic carbocycles. The minimum Gasteiger partial charge on any atom is -0.368 e. The predicted octanol–water partition coefficient (Wildman–Crippen LogP) is 1.61. The summed E-state index contributed by atoms with van der Waals surface area (Å²) in [6.45, 7) is 0.874. The van der Waals surface area contributed by atoms with Crippen molar-refractivity contribution < 1.29 is 13.2 Å². The Morgan fingerprint density at radius 2 is 2.15 bits per heavy atom. The lowest BCUT2D eigenvalue weighted by Gasteiger charge is -2.12. The lowest BCUT2D eigenvalue weighted by molar-refractivity contribution is -0.141. The molecule has 3 rings (SSSR count). The molecule has 2 heterocycles. The van der Waals surface area contributed by atoms with Gasteiger partial charge in [0.25, 0.3) is 0 Å². The average molecular weight is 285 g/mol. The molecule has 0 radical (unpaired) electrons. The molecule has 1 aliphatic carbocycles. The number of hydrogen-bond acceptors (Lipinski definition) is 4. The topological polar surface area (TPSA) is 68.2 Å². The van der Waals surface area contributed by atoms with Crippen LogP contribution in [0.15, 0.2) is 6.07 Å². The van der Waals surface area contributed by atoms with Gasteiger partial charge in [0.15, 0.2) is 11.3 Å². The number of aryl methyl sites for hydroxylation is 1. The van der Waals surface area contributed by atoms with E-state index < -0.39 is 11.9 Å². The van der Waals surface area contributed by atoms with E-state index in [-0.39, 0.29) is 5.65 Å². The van der Waals surface area contributed by atoms with Crippen molar-refractivity contribution in [3.8, 4) is 0 Å². The maximum absolute atomic E-state index is 12.8. The number of nitrogens with two attached hydrogens (primary N) is 1. The highest BCUT2D eigenvalue weighted by Gasteiger charge is 2.35. The SMILES string of the molecule is NCCNc1c2c(nc3cc(C(F)(F)F)nn13)CCC2. The van der Waals surface area contributed by atoms with Gasteiger partial charge >= 0.3 is 6.18 Å². The number of aromatic nitrogens is 3. The van der Waals surface area contributed by atoms with Gasteiger partial charge in [-0.2, -0.15) is 22.8 Å². The van der Waals surface area contributed by atoms with Crippen molar-refractivity contribution >= 4 is 11.5 Å². The molecule has 1 aliphatic rings. The Kier molecular flexibility index (Phi) is 3.04. The first-order chi connectivity index (χ1) is 9.50. The maximum atomic E-state index is 12.8. The monoisotopic (exact) mass is 285 g/mol. The summed E-state index contributed by atoms with van der Waals surface area (Å²) in [6, 6.07) is 0.978. The molecule has 0 fully saturated rings. The van der Waals surface area contributed by atoms with Crippen LogP contribution in [0.2, 0.25) is 0 Å². The van der Waals surface area contributed by atoms with Crippen LogP contribution in [0.1, 0.15) is 23.4 Å². The smallest absolute Gasteiger partial charge is 0.368 e. The molecular weight excluding hydrogens is 271 g/mol. The highest BCUT2D eigenvalue weighted by atomic mass is 19.4. The Hall–Kier alpha value is -1.83. The van der Waals surface area contributed by atoms with Crippen LogP contribution in [0, 0.1) is 0 Å². The standard InChI is InChI=1S/C12H14F3N5/c13-12(14,15)9-6-10-18-8-3-1-2-7(8)11(17-5-4-16)20(10)19-9/h6,17H,1-5,16H2. The summed E-state index contributed by atoms with van der Waals surface area (Å²) in [7, 11) is 0. The Labute approximate surface area is 113 Å². The van der Waals surface area contributed by atoms with Gasteiger partial charge in [0.1, 0.15) is 5.82 Å². The third-order valence-corrected chi connectivity index (χ3v) is 3.35. The van der Waals surface area contributed by atoms with Crippen LogP contribution in [0.4, 0.5) is 19.0 Å². The van der Waals surface area contributed by atoms with Crippen LogP contribution >= 0.6 is 0 Å². The number of nitrogens with one attached hydrogen (secondary N) is 1. The second kappa shape index (κ2) is 4.62. The van der Waals surface area contributed by atoms with E-state index in [0.717, 1.165) is 36.6 Å². The number of alkyl halides is 3. The molecule has 8 heteroatoms. The zero-order valence-corrected chi connectivity index (χ0v) is 10.7. The van der Waals surface area contributed by atoms with Crippen LogP contribution in [0.3, 0.4) is 0 Å². The Morgan fingerprint density at radius 3 is 2.85 bits per heavy atom. The minimum absolute atomic E-state index is 0.220. The third-order valence-electron chi connectivity index (χ3n) is 3.35. The zero-order valence-electron chi connectivity index (χ0n) is 10.7. The molecule has 108 valence electrons. The first kappa shape index (κ1) is 13.2. The van der Waals surface area contributed by atoms with Gasteiger partial charge in [-0.15, -0.1) is 0 Å². The quantitative estimate of drug-likeness (QED) is 0.899. The van der Waals surface area contributed by atoms with E-state index in [0.29, 0.717) is 18.9 Å². The van der Waals surface area contributed by atoms with Crippen molar-refractivity contribution in [2.75, 3.05) is 18.4 Å². The van der Waals surface area contributed by atoms with E-state index in [1.165, 1.54) is 4.52 Å². The summed E-state index contributed by atoms with van der Waals surface area (Å²) >= 11 is 0. The van der Waals surface area contributed by atoms with Crippen molar-refractivity contribution in [2.24, 2.45) is 5.73 Å². The van der Waals surface area contributed by atoms with Crippen LogP contribution in [0.25, 0.3) is 5.65 Å². The van der Waals surface area contributed by atoms with E-state index in [2.05, 4.69) is 15.4 Å². The summed E-state index contributed by atoms with van der Waals surface area (Å²) < 4.78 is 39.5. The average Bonchev–Trinajstić information content (AvgIpc) is 2.99. The van der Waals surface area contributed by atoms with Gasteiger partial charge in [0, 0.05) is 30.4 Å². The molecule has 0 amide bonds. The number of anilines is 1. The second-order valence-electron chi connectivity index (χ2n) is 4.75. The fourth-order valence-corrected chi connectivity index (χ4v) is 2.50. The van der Waals surface area contributed by atoms with Crippen molar-refractivity contribution in [3.63, 3.8) is 0 Å². The molecule has 0 aliphatic heterocycles. The fraction of sp³-hybridized carbons (Fsp3) is 0.500. The Balaban J connectivity index is 2.18. The normalized spacial score (nSPS) is 14.8. The van der Waals surface area contributed by atoms with E-state index in [4.69, 9.17) is 5.73 Å². The molecule has 0 saturated heterocycles. The molecule has 0 unspecified atom stereocenters. The van der Waals surface area contributed by atoms with Crippen LogP contribution in [-0.2, 0) is 19.0 Å². The third kappa shape index (κ3) is 2.09. The molecule has 0 bridgehead atoms. The molecule has 2 aromatic heterocycles. The minimum atomic E-state index is -4.47. The summed E-state index contributed by atoms with van der Waals surface area (Å²) in [5.74, 6) is 0.587. The number of nitrogens with zero attached hydrogens (tertiary/aromatic N) is 3. The Morgan fingerprint density at radius 1 is 1.35 bits per heavy atom. The fourth-order valence-electron chi connectivity index (χ4n) is 2.50. The number of hydrogen-bond donors (Lipinski definition) is 2. The van der Waals surface area contributed by atoms with Crippen molar-refractivity contribution in [1.29, 1.82) is 0 Å². The maximum Gasteiger partial charge on any atom is 0.435 e. The van der Waals surface area contributed by atoms with Crippen LogP contribution < -0.4 is 11.1 Å². The number of halogens is 3. The molecule has 0 atom stereocenters. The summed E-state index contributed by atoms with van der Waals surface area (Å²) in [6.07, 6.45) is -1.93. The molecular formula is C12H14F3N5. The van der Waals surface area contributed by atoms with Crippen LogP contribution in [-0.4, -0.2) is 27.7 Å². The van der Waals surface area contributed by atoms with E-state index >= 15 is 0 Å². The molecule has 0 spiro atoms. The van der Waals surface area contributed by atoms with E-state index in [9.17, 15) is 13.2 Å². The van der Waals surface area contributed by atoms with E-state index in [1.807, 2.05) is 0 Å². The molecule has 0 saturated carbocycles. The lowest BCUT2D eigenvalue weighted by Crippen LogP contribution is -2.17.